The van der Waals surface area contributed by atoms with Gasteiger partial charge in [0.2, 0.25) is 5.91 Å². The number of anilines is 3. The number of urea groups is 1. The molecule has 4 amide bonds. The molecule has 8 nitrogen and oxygen atoms in total. The maximum Gasteiger partial charge on any atom is 0.319 e. The van der Waals surface area contributed by atoms with E-state index in [9.17, 15) is 19.2 Å². The van der Waals surface area contributed by atoms with Crippen LogP contribution in [0.25, 0.3) is 0 Å². The van der Waals surface area contributed by atoms with Crippen molar-refractivity contribution in [3.63, 3.8) is 0 Å². The maximum absolute atomic E-state index is 14.0. The highest BCUT2D eigenvalue weighted by Crippen LogP contribution is 2.35. The summed E-state index contributed by atoms with van der Waals surface area (Å²) in [6, 6.07) is 19.8. The summed E-state index contributed by atoms with van der Waals surface area (Å²) in [5.41, 5.74) is 3.04. The number of ketones is 1. The van der Waals surface area contributed by atoms with Crippen molar-refractivity contribution in [3.8, 4) is 0 Å². The lowest BCUT2D eigenvalue weighted by atomic mass is 9.94. The first-order valence-corrected chi connectivity index (χ1v) is 12.9. The van der Waals surface area contributed by atoms with Crippen LogP contribution in [0.4, 0.5) is 21.9 Å². The van der Waals surface area contributed by atoms with Crippen molar-refractivity contribution in [1.82, 2.24) is 5.32 Å². The third-order valence-corrected chi connectivity index (χ3v) is 6.61. The number of nitrogens with one attached hydrogen (secondary N) is 2. The summed E-state index contributed by atoms with van der Waals surface area (Å²) in [7, 11) is 0. The molecule has 0 aliphatic carbocycles. The van der Waals surface area contributed by atoms with Gasteiger partial charge in [-0.05, 0) is 49.2 Å². The summed E-state index contributed by atoms with van der Waals surface area (Å²) in [6.07, 6.45) is 0. The third-order valence-electron chi connectivity index (χ3n) is 6.61. The lowest BCUT2D eigenvalue weighted by Crippen LogP contribution is -2.55. The Kier molecular flexibility index (Phi) is 7.85. The molecular formula is C31H34N4O4. The van der Waals surface area contributed by atoms with Gasteiger partial charge in [-0.2, -0.15) is 0 Å². The lowest BCUT2D eigenvalue weighted by molar-refractivity contribution is -0.126. The summed E-state index contributed by atoms with van der Waals surface area (Å²) in [5.74, 6) is -0.927. The third kappa shape index (κ3) is 6.17. The molecule has 3 aromatic rings. The van der Waals surface area contributed by atoms with Gasteiger partial charge in [0, 0.05) is 16.7 Å². The molecule has 4 rings (SSSR count). The van der Waals surface area contributed by atoms with Gasteiger partial charge in [0.15, 0.2) is 5.78 Å². The summed E-state index contributed by atoms with van der Waals surface area (Å²) in [5, 5.41) is 5.52. The second-order valence-electron chi connectivity index (χ2n) is 10.8. The standard InChI is InChI=1S/C31H34N4O4/c1-20-11-10-13-22(17-20)32-30(39)33-24-18-35(29(38)31(3,4)5)26-16-9-8-15-25(26)34(28(24)37)19-27(36)23-14-7-6-12-21(23)2/h6-17,24H,18-19H2,1-5H3,(H2,32,33,39). The SMILES string of the molecule is Cc1cccc(NC(=O)NC2CN(C(=O)C(C)(C)C)c3ccccc3N(CC(=O)c3ccccc3C)C2=O)c1. The number of benzene rings is 3. The maximum atomic E-state index is 14.0. The Morgan fingerprint density at radius 1 is 0.897 bits per heavy atom. The van der Waals surface area contributed by atoms with Crippen molar-refractivity contribution in [1.29, 1.82) is 0 Å². The Bertz CT molecular complexity index is 1430. The summed E-state index contributed by atoms with van der Waals surface area (Å²) in [4.78, 5) is 56.9. The number of hydrogen-bond acceptors (Lipinski definition) is 4. The van der Waals surface area contributed by atoms with Gasteiger partial charge < -0.3 is 20.4 Å². The zero-order chi connectivity index (χ0) is 28.3. The van der Waals surface area contributed by atoms with E-state index >= 15 is 0 Å². The van der Waals surface area contributed by atoms with E-state index in [1.165, 1.54) is 9.80 Å². The molecule has 3 aromatic carbocycles. The summed E-state index contributed by atoms with van der Waals surface area (Å²) < 4.78 is 0. The zero-order valence-electron chi connectivity index (χ0n) is 22.9. The number of fused-ring (bicyclic) bond motifs is 1. The number of amides is 4. The Morgan fingerprint density at radius 2 is 1.56 bits per heavy atom. The molecule has 0 fully saturated rings. The number of nitrogens with zero attached hydrogens (tertiary/aromatic N) is 2. The van der Waals surface area contributed by atoms with E-state index in [-0.39, 0.29) is 24.8 Å². The van der Waals surface area contributed by atoms with Crippen molar-refractivity contribution in [3.05, 3.63) is 89.5 Å². The second kappa shape index (κ2) is 11.1. The molecule has 202 valence electrons. The first-order valence-electron chi connectivity index (χ1n) is 12.9. The van der Waals surface area contributed by atoms with Gasteiger partial charge in [0.05, 0.1) is 24.5 Å². The van der Waals surface area contributed by atoms with Gasteiger partial charge in [-0.3, -0.25) is 14.4 Å². The van der Waals surface area contributed by atoms with Crippen molar-refractivity contribution in [2.75, 3.05) is 28.2 Å². The Labute approximate surface area is 229 Å². The highest BCUT2D eigenvalue weighted by molar-refractivity contribution is 6.13. The monoisotopic (exact) mass is 526 g/mol. The molecule has 2 N–H and O–H groups in total. The molecule has 1 aliphatic rings. The average Bonchev–Trinajstić information content (AvgIpc) is 2.98. The highest BCUT2D eigenvalue weighted by Gasteiger charge is 2.40. The summed E-state index contributed by atoms with van der Waals surface area (Å²) in [6.45, 7) is 8.84. The molecule has 1 unspecified atom stereocenters. The van der Waals surface area contributed by atoms with Crippen molar-refractivity contribution in [2.45, 2.75) is 40.7 Å². The minimum Gasteiger partial charge on any atom is -0.324 e. The number of para-hydroxylation sites is 2. The van der Waals surface area contributed by atoms with E-state index < -0.39 is 23.4 Å². The fourth-order valence-corrected chi connectivity index (χ4v) is 4.62. The van der Waals surface area contributed by atoms with Crippen LogP contribution in [-0.2, 0) is 9.59 Å². The fraction of sp³-hybridized carbons (Fsp3) is 0.290. The van der Waals surface area contributed by atoms with E-state index in [0.717, 1.165) is 11.1 Å². The van der Waals surface area contributed by atoms with Gasteiger partial charge in [-0.1, -0.05) is 69.3 Å². The predicted molar refractivity (Wildman–Crippen MR) is 153 cm³/mol. The fourth-order valence-electron chi connectivity index (χ4n) is 4.62. The number of Topliss-reactive ketones (excluding diaryl/α,β-unsaturated/α-hetero) is 1. The Balaban J connectivity index is 1.72. The molecule has 0 bridgehead atoms. The van der Waals surface area contributed by atoms with E-state index in [1.54, 1.807) is 63.2 Å². The van der Waals surface area contributed by atoms with Crippen molar-refractivity contribution in [2.24, 2.45) is 5.41 Å². The van der Waals surface area contributed by atoms with Gasteiger partial charge in [0.1, 0.15) is 6.04 Å². The van der Waals surface area contributed by atoms with E-state index in [1.807, 2.05) is 44.2 Å². The highest BCUT2D eigenvalue weighted by atomic mass is 16.2. The average molecular weight is 527 g/mol. The Morgan fingerprint density at radius 3 is 2.23 bits per heavy atom. The largest absolute Gasteiger partial charge is 0.324 e. The van der Waals surface area contributed by atoms with Crippen LogP contribution in [0.1, 0.15) is 42.3 Å². The molecule has 39 heavy (non-hydrogen) atoms. The van der Waals surface area contributed by atoms with E-state index in [4.69, 9.17) is 0 Å². The smallest absolute Gasteiger partial charge is 0.319 e. The molecule has 0 saturated carbocycles. The van der Waals surface area contributed by atoms with Crippen LogP contribution in [0.15, 0.2) is 72.8 Å². The van der Waals surface area contributed by atoms with Crippen molar-refractivity contribution < 1.29 is 19.2 Å². The lowest BCUT2D eigenvalue weighted by Gasteiger charge is -2.30. The molecular weight excluding hydrogens is 492 g/mol. The van der Waals surface area contributed by atoms with Crippen LogP contribution in [0.2, 0.25) is 0 Å². The van der Waals surface area contributed by atoms with Gasteiger partial charge in [-0.15, -0.1) is 0 Å². The number of carbonyl (C=O) groups is 4. The number of aryl methyl sites for hydroxylation is 2. The molecule has 8 heteroatoms. The quantitative estimate of drug-likeness (QED) is 0.452. The topological polar surface area (TPSA) is 98.8 Å². The Hall–Kier alpha value is -4.46. The van der Waals surface area contributed by atoms with Crippen LogP contribution in [0.5, 0.6) is 0 Å². The second-order valence-corrected chi connectivity index (χ2v) is 10.8. The van der Waals surface area contributed by atoms with Crippen LogP contribution < -0.4 is 20.4 Å². The van der Waals surface area contributed by atoms with Gasteiger partial charge in [-0.25, -0.2) is 4.79 Å². The molecule has 0 spiro atoms. The first kappa shape index (κ1) is 27.6. The van der Waals surface area contributed by atoms with Crippen molar-refractivity contribution >= 4 is 40.7 Å². The molecule has 1 atom stereocenters. The predicted octanol–water partition coefficient (Wildman–Crippen LogP) is 5.10. The van der Waals surface area contributed by atoms with E-state index in [2.05, 4.69) is 10.6 Å². The van der Waals surface area contributed by atoms with Crippen LogP contribution in [0, 0.1) is 19.3 Å². The minimum absolute atomic E-state index is 0.0811. The number of carbonyl (C=O) groups excluding carboxylic acids is 4. The molecule has 0 aromatic heterocycles. The zero-order valence-corrected chi connectivity index (χ0v) is 22.9. The van der Waals surface area contributed by atoms with Crippen LogP contribution >= 0.6 is 0 Å². The normalized spacial score (nSPS) is 15.3. The number of rotatable bonds is 5. The van der Waals surface area contributed by atoms with Crippen LogP contribution in [0.3, 0.4) is 0 Å². The molecule has 1 aliphatic heterocycles. The summed E-state index contributed by atoms with van der Waals surface area (Å²) >= 11 is 0. The molecule has 1 heterocycles. The van der Waals surface area contributed by atoms with Crippen LogP contribution in [-0.4, -0.2) is 42.8 Å². The molecule has 0 saturated heterocycles. The minimum atomic E-state index is -1.10. The first-order chi connectivity index (χ1) is 18.5. The molecule has 0 radical (unpaired) electrons. The van der Waals surface area contributed by atoms with Gasteiger partial charge in [0.25, 0.3) is 5.91 Å². The number of hydrogen-bond donors (Lipinski definition) is 2. The van der Waals surface area contributed by atoms with E-state index in [0.29, 0.717) is 22.6 Å². The van der Waals surface area contributed by atoms with Gasteiger partial charge >= 0.3 is 6.03 Å².